The van der Waals surface area contributed by atoms with Gasteiger partial charge < -0.3 is 15.2 Å². The van der Waals surface area contributed by atoms with Gasteiger partial charge in [0.2, 0.25) is 5.88 Å². The summed E-state index contributed by atoms with van der Waals surface area (Å²) < 4.78 is 5.31. The first kappa shape index (κ1) is 12.7. The van der Waals surface area contributed by atoms with Crippen molar-refractivity contribution in [2.24, 2.45) is 0 Å². The van der Waals surface area contributed by atoms with Gasteiger partial charge in [-0.05, 0) is 27.2 Å². The van der Waals surface area contributed by atoms with Crippen molar-refractivity contribution in [1.29, 1.82) is 0 Å². The quantitative estimate of drug-likeness (QED) is 0.765. The molecule has 1 aromatic rings. The summed E-state index contributed by atoms with van der Waals surface area (Å²) in [4.78, 5) is 8.37. The first-order chi connectivity index (χ1) is 7.61. The molecule has 5 heteroatoms. The second kappa shape index (κ2) is 6.27. The molecule has 0 aliphatic heterocycles. The maximum Gasteiger partial charge on any atom is 0.218 e. The van der Waals surface area contributed by atoms with Crippen LogP contribution in [0.1, 0.15) is 26.1 Å². The molecule has 0 aliphatic carbocycles. The van der Waals surface area contributed by atoms with E-state index in [-0.39, 0.29) is 6.10 Å². The summed E-state index contributed by atoms with van der Waals surface area (Å²) >= 11 is 0. The van der Waals surface area contributed by atoms with Crippen molar-refractivity contribution in [3.8, 4) is 5.88 Å². The molecule has 0 radical (unpaired) electrons. The lowest BCUT2D eigenvalue weighted by atomic mass is 10.3. The van der Waals surface area contributed by atoms with E-state index in [1.807, 2.05) is 13.8 Å². The number of hydrogen-bond donors (Lipinski definition) is 2. The Morgan fingerprint density at radius 1 is 1.50 bits per heavy atom. The van der Waals surface area contributed by atoms with Crippen molar-refractivity contribution in [2.45, 2.75) is 33.3 Å². The van der Waals surface area contributed by atoms with Crippen LogP contribution >= 0.6 is 0 Å². The first-order valence-corrected chi connectivity index (χ1v) is 5.52. The molecule has 0 aromatic carbocycles. The highest BCUT2D eigenvalue weighted by atomic mass is 16.5. The molecule has 1 rings (SSSR count). The van der Waals surface area contributed by atoms with Crippen LogP contribution < -0.4 is 10.1 Å². The third-order valence-electron chi connectivity index (χ3n) is 1.97. The molecule has 0 bridgehead atoms. The van der Waals surface area contributed by atoms with Crippen LogP contribution in [0.2, 0.25) is 0 Å². The molecule has 2 N–H and O–H groups in total. The molecule has 1 unspecified atom stereocenters. The summed E-state index contributed by atoms with van der Waals surface area (Å²) in [5.41, 5.74) is 0. The van der Waals surface area contributed by atoms with Crippen molar-refractivity contribution in [3.63, 3.8) is 0 Å². The minimum Gasteiger partial charge on any atom is -0.478 e. The smallest absolute Gasteiger partial charge is 0.218 e. The summed E-state index contributed by atoms with van der Waals surface area (Å²) in [6, 6.07) is 1.76. The summed E-state index contributed by atoms with van der Waals surface area (Å²) in [6.07, 6.45) is 0.384. The van der Waals surface area contributed by atoms with Crippen molar-refractivity contribution in [2.75, 3.05) is 18.5 Å². The molecule has 0 saturated carbocycles. The van der Waals surface area contributed by atoms with Crippen LogP contribution in [0.15, 0.2) is 6.07 Å². The number of anilines is 1. The number of rotatable bonds is 6. The number of nitrogens with zero attached hydrogens (tertiary/aromatic N) is 2. The van der Waals surface area contributed by atoms with E-state index < -0.39 is 0 Å². The second-order valence-corrected chi connectivity index (χ2v) is 3.64. The van der Waals surface area contributed by atoms with Crippen LogP contribution in [0.5, 0.6) is 5.88 Å². The zero-order chi connectivity index (χ0) is 12.0. The molecule has 0 amide bonds. The number of hydrogen-bond acceptors (Lipinski definition) is 5. The Hall–Kier alpha value is -1.36. The van der Waals surface area contributed by atoms with Gasteiger partial charge in [-0.15, -0.1) is 0 Å². The van der Waals surface area contributed by atoms with E-state index in [2.05, 4.69) is 15.3 Å². The van der Waals surface area contributed by atoms with E-state index in [4.69, 9.17) is 9.84 Å². The average Bonchev–Trinajstić information content (AvgIpc) is 2.16. The average molecular weight is 225 g/mol. The standard InChI is InChI=1S/C11H19N3O2/c1-4-16-11-7-10(13-9(3)14-11)12-6-5-8(2)15/h7-8,15H,4-6H2,1-3H3,(H,12,13,14). The molecule has 90 valence electrons. The molecular formula is C11H19N3O2. The Bertz CT molecular complexity index is 329. The maximum atomic E-state index is 9.13. The lowest BCUT2D eigenvalue weighted by Crippen LogP contribution is -2.11. The number of aliphatic hydroxyl groups is 1. The van der Waals surface area contributed by atoms with E-state index in [0.29, 0.717) is 31.3 Å². The van der Waals surface area contributed by atoms with Crippen LogP contribution in [0.25, 0.3) is 0 Å². The van der Waals surface area contributed by atoms with Crippen LogP contribution in [0.4, 0.5) is 5.82 Å². The monoisotopic (exact) mass is 225 g/mol. The summed E-state index contributed by atoms with van der Waals surface area (Å²) in [5, 5.41) is 12.3. The topological polar surface area (TPSA) is 67.3 Å². The molecule has 0 fully saturated rings. The summed E-state index contributed by atoms with van der Waals surface area (Å²) in [5.74, 6) is 1.98. The number of aryl methyl sites for hydroxylation is 1. The minimum absolute atomic E-state index is 0.304. The molecule has 1 heterocycles. The second-order valence-electron chi connectivity index (χ2n) is 3.64. The Kier molecular flexibility index (Phi) is 4.98. The SMILES string of the molecule is CCOc1cc(NCCC(C)O)nc(C)n1. The summed E-state index contributed by atoms with van der Waals surface area (Å²) in [7, 11) is 0. The Morgan fingerprint density at radius 2 is 2.25 bits per heavy atom. The zero-order valence-corrected chi connectivity index (χ0v) is 10.0. The van der Waals surface area contributed by atoms with Gasteiger partial charge in [-0.1, -0.05) is 0 Å². The highest BCUT2D eigenvalue weighted by molar-refractivity contribution is 5.38. The fraction of sp³-hybridized carbons (Fsp3) is 0.636. The number of ether oxygens (including phenoxy) is 1. The molecule has 16 heavy (non-hydrogen) atoms. The number of aromatic nitrogens is 2. The minimum atomic E-state index is -0.304. The van der Waals surface area contributed by atoms with Gasteiger partial charge in [-0.3, -0.25) is 0 Å². The van der Waals surface area contributed by atoms with Crippen molar-refractivity contribution in [3.05, 3.63) is 11.9 Å². The first-order valence-electron chi connectivity index (χ1n) is 5.52. The van der Waals surface area contributed by atoms with Crippen LogP contribution in [0.3, 0.4) is 0 Å². The van der Waals surface area contributed by atoms with Crippen molar-refractivity contribution in [1.82, 2.24) is 9.97 Å². The van der Waals surface area contributed by atoms with Crippen molar-refractivity contribution < 1.29 is 9.84 Å². The molecule has 1 aromatic heterocycles. The fourth-order valence-electron chi connectivity index (χ4n) is 1.26. The Balaban J connectivity index is 2.58. The van der Waals surface area contributed by atoms with Gasteiger partial charge in [0.1, 0.15) is 11.6 Å². The van der Waals surface area contributed by atoms with E-state index in [1.54, 1.807) is 13.0 Å². The van der Waals surface area contributed by atoms with E-state index in [0.717, 1.165) is 5.82 Å². The van der Waals surface area contributed by atoms with E-state index in [1.165, 1.54) is 0 Å². The molecule has 0 aliphatic rings. The predicted molar refractivity (Wildman–Crippen MR) is 62.7 cm³/mol. The molecule has 0 spiro atoms. The van der Waals surface area contributed by atoms with Gasteiger partial charge in [0.25, 0.3) is 0 Å². The van der Waals surface area contributed by atoms with Gasteiger partial charge in [-0.2, -0.15) is 4.98 Å². The van der Waals surface area contributed by atoms with Gasteiger partial charge in [0, 0.05) is 12.6 Å². The number of aliphatic hydroxyl groups excluding tert-OH is 1. The van der Waals surface area contributed by atoms with Gasteiger partial charge in [0.05, 0.1) is 12.7 Å². The third kappa shape index (κ3) is 4.44. The lowest BCUT2D eigenvalue weighted by Gasteiger charge is -2.09. The van der Waals surface area contributed by atoms with E-state index in [9.17, 15) is 0 Å². The molecule has 0 saturated heterocycles. The van der Waals surface area contributed by atoms with Crippen LogP contribution in [-0.2, 0) is 0 Å². The number of nitrogens with one attached hydrogen (secondary N) is 1. The zero-order valence-electron chi connectivity index (χ0n) is 10.0. The van der Waals surface area contributed by atoms with E-state index >= 15 is 0 Å². The van der Waals surface area contributed by atoms with Gasteiger partial charge in [-0.25, -0.2) is 4.98 Å². The summed E-state index contributed by atoms with van der Waals surface area (Å²) in [6.45, 7) is 6.77. The third-order valence-corrected chi connectivity index (χ3v) is 1.97. The highest BCUT2D eigenvalue weighted by Crippen LogP contribution is 2.13. The normalized spacial score (nSPS) is 12.2. The van der Waals surface area contributed by atoms with Gasteiger partial charge >= 0.3 is 0 Å². The molecular weight excluding hydrogens is 206 g/mol. The highest BCUT2D eigenvalue weighted by Gasteiger charge is 2.02. The van der Waals surface area contributed by atoms with Crippen LogP contribution in [0, 0.1) is 6.92 Å². The Labute approximate surface area is 95.9 Å². The molecule has 5 nitrogen and oxygen atoms in total. The maximum absolute atomic E-state index is 9.13. The van der Waals surface area contributed by atoms with Crippen LogP contribution in [-0.4, -0.2) is 34.3 Å². The lowest BCUT2D eigenvalue weighted by molar-refractivity contribution is 0.188. The Morgan fingerprint density at radius 3 is 2.88 bits per heavy atom. The molecule has 1 atom stereocenters. The van der Waals surface area contributed by atoms with Crippen molar-refractivity contribution >= 4 is 5.82 Å². The largest absolute Gasteiger partial charge is 0.478 e. The predicted octanol–water partition coefficient (Wildman–Crippen LogP) is 1.37. The fourth-order valence-corrected chi connectivity index (χ4v) is 1.26. The van der Waals surface area contributed by atoms with Gasteiger partial charge in [0.15, 0.2) is 0 Å².